The average Bonchev–Trinajstić information content (AvgIpc) is 2.90. The fraction of sp³-hybridized carbons (Fsp3) is 0.667. The number of nitrogens with one attached hydrogen (secondary N) is 2. The van der Waals surface area contributed by atoms with Gasteiger partial charge in [-0.2, -0.15) is 0 Å². The summed E-state index contributed by atoms with van der Waals surface area (Å²) in [6, 6.07) is 1.69. The van der Waals surface area contributed by atoms with Gasteiger partial charge in [0.25, 0.3) is 0 Å². The number of rotatable bonds is 10. The molecule has 2 N–H and O–H groups in total. The van der Waals surface area contributed by atoms with E-state index in [1.54, 1.807) is 18.6 Å². The van der Waals surface area contributed by atoms with Crippen LogP contribution in [0.3, 0.4) is 0 Å². The minimum atomic E-state index is -3.49. The summed E-state index contributed by atoms with van der Waals surface area (Å²) in [4.78, 5) is 1.29. The lowest BCUT2D eigenvalue weighted by molar-refractivity contribution is 0.0320. The second-order valence-electron chi connectivity index (χ2n) is 4.19. The molecule has 0 aromatic carbocycles. The van der Waals surface area contributed by atoms with E-state index >= 15 is 0 Å². The van der Waals surface area contributed by atoms with Gasteiger partial charge in [-0.1, -0.05) is 6.92 Å². The van der Waals surface area contributed by atoms with Gasteiger partial charge in [0.05, 0.1) is 17.6 Å². The maximum Gasteiger partial charge on any atom is 0.241 e. The van der Waals surface area contributed by atoms with Crippen molar-refractivity contribution < 1.29 is 17.9 Å². The van der Waals surface area contributed by atoms with Crippen molar-refractivity contribution >= 4 is 21.4 Å². The number of methoxy groups -OCH3 is 2. The van der Waals surface area contributed by atoms with Crippen molar-refractivity contribution in [1.82, 2.24) is 10.0 Å². The molecule has 1 aromatic heterocycles. The summed E-state index contributed by atoms with van der Waals surface area (Å²) < 4.78 is 36.8. The predicted octanol–water partition coefficient (Wildman–Crippen LogP) is 0.797. The van der Waals surface area contributed by atoms with Crippen LogP contribution >= 0.6 is 11.3 Å². The van der Waals surface area contributed by atoms with E-state index < -0.39 is 10.0 Å². The zero-order chi connectivity index (χ0) is 15.0. The molecule has 0 saturated heterocycles. The third-order valence-corrected chi connectivity index (χ3v) is 5.17. The lowest BCUT2D eigenvalue weighted by Gasteiger charge is -2.14. The molecule has 0 aliphatic rings. The van der Waals surface area contributed by atoms with Crippen LogP contribution in [0.25, 0.3) is 0 Å². The Hall–Kier alpha value is -0.510. The quantitative estimate of drug-likeness (QED) is 0.666. The van der Waals surface area contributed by atoms with Crippen LogP contribution in [-0.2, 0) is 26.0 Å². The molecule has 1 atom stereocenters. The molecular formula is C12H22N2O4S2. The summed E-state index contributed by atoms with van der Waals surface area (Å²) >= 11 is 1.43. The smallest absolute Gasteiger partial charge is 0.241 e. The van der Waals surface area contributed by atoms with Crippen molar-refractivity contribution in [3.63, 3.8) is 0 Å². The molecule has 1 heterocycles. The molecule has 0 radical (unpaired) electrons. The van der Waals surface area contributed by atoms with Crippen LogP contribution in [-0.4, -0.2) is 48.4 Å². The lowest BCUT2D eigenvalue weighted by atomic mass is 10.4. The zero-order valence-electron chi connectivity index (χ0n) is 12.0. The van der Waals surface area contributed by atoms with E-state index in [1.807, 2.05) is 6.92 Å². The Morgan fingerprint density at radius 3 is 2.75 bits per heavy atom. The van der Waals surface area contributed by atoms with Crippen molar-refractivity contribution in [3.8, 4) is 0 Å². The van der Waals surface area contributed by atoms with Crippen molar-refractivity contribution in [3.05, 3.63) is 16.3 Å². The van der Waals surface area contributed by atoms with E-state index in [-0.39, 0.29) is 12.6 Å². The van der Waals surface area contributed by atoms with Crippen LogP contribution in [0, 0.1) is 0 Å². The van der Waals surface area contributed by atoms with Gasteiger partial charge in [0.1, 0.15) is 0 Å². The molecule has 0 aliphatic heterocycles. The number of sulfonamides is 1. The fourth-order valence-corrected chi connectivity index (χ4v) is 3.84. The molecule has 0 bridgehead atoms. The van der Waals surface area contributed by atoms with Crippen molar-refractivity contribution in [1.29, 1.82) is 0 Å². The highest BCUT2D eigenvalue weighted by Crippen LogP contribution is 2.19. The van der Waals surface area contributed by atoms with Crippen molar-refractivity contribution in [2.45, 2.75) is 24.5 Å². The lowest BCUT2D eigenvalue weighted by Crippen LogP contribution is -2.35. The van der Waals surface area contributed by atoms with Gasteiger partial charge < -0.3 is 14.8 Å². The Bertz CT molecular complexity index is 487. The van der Waals surface area contributed by atoms with Gasteiger partial charge in [-0.15, -0.1) is 11.3 Å². The number of thiophene rings is 1. The first kappa shape index (κ1) is 17.5. The minimum Gasteiger partial charge on any atom is -0.382 e. The van der Waals surface area contributed by atoms with Crippen LogP contribution in [0.4, 0.5) is 0 Å². The Morgan fingerprint density at radius 2 is 2.15 bits per heavy atom. The molecule has 0 aliphatic carbocycles. The average molecular weight is 322 g/mol. The molecule has 20 heavy (non-hydrogen) atoms. The first-order chi connectivity index (χ1) is 9.53. The second-order valence-corrected chi connectivity index (χ2v) is 6.96. The monoisotopic (exact) mass is 322 g/mol. The van der Waals surface area contributed by atoms with E-state index in [4.69, 9.17) is 9.47 Å². The van der Waals surface area contributed by atoms with Gasteiger partial charge in [-0.05, 0) is 12.6 Å². The molecule has 1 rings (SSSR count). The van der Waals surface area contributed by atoms with Gasteiger partial charge in [-0.3, -0.25) is 0 Å². The van der Waals surface area contributed by atoms with E-state index in [0.29, 0.717) is 18.0 Å². The molecule has 0 amide bonds. The Kier molecular flexibility index (Phi) is 7.63. The highest BCUT2D eigenvalue weighted by molar-refractivity contribution is 7.89. The molecule has 8 heteroatoms. The number of hydrogen-bond donors (Lipinski definition) is 2. The van der Waals surface area contributed by atoms with Crippen LogP contribution in [0.1, 0.15) is 11.8 Å². The highest BCUT2D eigenvalue weighted by Gasteiger charge is 2.18. The largest absolute Gasteiger partial charge is 0.382 e. The molecule has 0 fully saturated rings. The number of ether oxygens (including phenoxy) is 2. The third kappa shape index (κ3) is 5.47. The van der Waals surface area contributed by atoms with E-state index in [0.717, 1.165) is 11.4 Å². The summed E-state index contributed by atoms with van der Waals surface area (Å²) in [5, 5.41) is 4.81. The summed E-state index contributed by atoms with van der Waals surface area (Å²) in [6.45, 7) is 4.07. The Morgan fingerprint density at radius 1 is 1.40 bits per heavy atom. The van der Waals surface area contributed by atoms with Crippen LogP contribution in [0.15, 0.2) is 16.3 Å². The summed E-state index contributed by atoms with van der Waals surface area (Å²) in [5.41, 5.74) is 0. The molecule has 6 nitrogen and oxygen atoms in total. The Labute approximate surface area is 124 Å². The number of hydrogen-bond acceptors (Lipinski definition) is 6. The third-order valence-electron chi connectivity index (χ3n) is 2.68. The van der Waals surface area contributed by atoms with Crippen LogP contribution < -0.4 is 10.0 Å². The highest BCUT2D eigenvalue weighted by atomic mass is 32.2. The molecular weight excluding hydrogens is 300 g/mol. The van der Waals surface area contributed by atoms with Gasteiger partial charge in [0.2, 0.25) is 10.0 Å². The Balaban J connectivity index is 2.61. The standard InChI is InChI=1S/C12H22N2O4S2/c1-4-13-7-11-5-12(9-19-11)20(15,16)14-6-10(18-3)8-17-2/h5,9-10,13-14H,4,6-8H2,1-3H3. The van der Waals surface area contributed by atoms with Crippen molar-refractivity contribution in [2.24, 2.45) is 0 Å². The maximum atomic E-state index is 12.1. The second kappa shape index (κ2) is 8.71. The summed E-state index contributed by atoms with van der Waals surface area (Å²) in [7, 11) is -0.418. The minimum absolute atomic E-state index is 0.186. The SMILES string of the molecule is CCNCc1cc(S(=O)(=O)NCC(COC)OC)cs1. The maximum absolute atomic E-state index is 12.1. The van der Waals surface area contributed by atoms with Gasteiger partial charge in [0, 0.05) is 37.6 Å². The van der Waals surface area contributed by atoms with Crippen LogP contribution in [0.2, 0.25) is 0 Å². The molecule has 0 spiro atoms. The van der Waals surface area contributed by atoms with Gasteiger partial charge >= 0.3 is 0 Å². The normalized spacial score (nSPS) is 13.6. The zero-order valence-corrected chi connectivity index (χ0v) is 13.6. The fourth-order valence-electron chi connectivity index (χ4n) is 1.52. The predicted molar refractivity (Wildman–Crippen MR) is 79.6 cm³/mol. The van der Waals surface area contributed by atoms with E-state index in [2.05, 4.69) is 10.0 Å². The van der Waals surface area contributed by atoms with Crippen molar-refractivity contribution in [2.75, 3.05) is 33.9 Å². The molecule has 0 saturated carbocycles. The first-order valence-electron chi connectivity index (χ1n) is 6.33. The van der Waals surface area contributed by atoms with E-state index in [1.165, 1.54) is 18.4 Å². The van der Waals surface area contributed by atoms with Gasteiger partial charge in [0.15, 0.2) is 0 Å². The summed E-state index contributed by atoms with van der Waals surface area (Å²) in [6.07, 6.45) is -0.297. The summed E-state index contributed by atoms with van der Waals surface area (Å²) in [5.74, 6) is 0. The molecule has 1 unspecified atom stereocenters. The van der Waals surface area contributed by atoms with E-state index in [9.17, 15) is 8.42 Å². The van der Waals surface area contributed by atoms with Gasteiger partial charge in [-0.25, -0.2) is 13.1 Å². The molecule has 116 valence electrons. The van der Waals surface area contributed by atoms with Crippen LogP contribution in [0.5, 0.6) is 0 Å². The topological polar surface area (TPSA) is 76.7 Å². The molecule has 1 aromatic rings. The first-order valence-corrected chi connectivity index (χ1v) is 8.69.